The van der Waals surface area contributed by atoms with Gasteiger partial charge in [0.25, 0.3) is 0 Å². The molecule has 0 saturated heterocycles. The van der Waals surface area contributed by atoms with E-state index in [1.807, 2.05) is 24.3 Å². The zero-order valence-electron chi connectivity index (χ0n) is 11.5. The van der Waals surface area contributed by atoms with E-state index in [1.54, 1.807) is 0 Å². The van der Waals surface area contributed by atoms with E-state index >= 15 is 0 Å². The van der Waals surface area contributed by atoms with Gasteiger partial charge in [0, 0.05) is 11.6 Å². The third-order valence-electron chi connectivity index (χ3n) is 3.40. The lowest BCUT2D eigenvalue weighted by Gasteiger charge is -2.06. The summed E-state index contributed by atoms with van der Waals surface area (Å²) < 4.78 is 39.9. The van der Waals surface area contributed by atoms with Gasteiger partial charge in [0.15, 0.2) is 5.65 Å². The van der Waals surface area contributed by atoms with Crippen LogP contribution in [0.15, 0.2) is 48.9 Å². The van der Waals surface area contributed by atoms with Crippen LogP contribution in [-0.2, 0) is 6.18 Å². The molecule has 0 atom stereocenters. The molecule has 23 heavy (non-hydrogen) atoms. The highest BCUT2D eigenvalue weighted by atomic mass is 19.4. The Labute approximate surface area is 127 Å². The van der Waals surface area contributed by atoms with Gasteiger partial charge in [0.1, 0.15) is 12.0 Å². The number of pyridine rings is 1. The largest absolute Gasteiger partial charge is 0.416 e. The van der Waals surface area contributed by atoms with Gasteiger partial charge in [-0.25, -0.2) is 14.5 Å². The second kappa shape index (κ2) is 4.73. The van der Waals surface area contributed by atoms with Crippen molar-refractivity contribution in [3.8, 4) is 11.5 Å². The molecular formula is C15H8F3N5. The molecule has 1 aromatic carbocycles. The van der Waals surface area contributed by atoms with Crippen LogP contribution >= 0.6 is 0 Å². The number of hydrogen-bond acceptors (Lipinski definition) is 4. The molecule has 8 heteroatoms. The highest BCUT2D eigenvalue weighted by molar-refractivity contribution is 5.91. The van der Waals surface area contributed by atoms with E-state index in [9.17, 15) is 13.2 Å². The molecule has 0 N–H and O–H groups in total. The Hall–Kier alpha value is -3.03. The third kappa shape index (κ3) is 2.28. The summed E-state index contributed by atoms with van der Waals surface area (Å²) in [7, 11) is 0. The molecule has 0 saturated carbocycles. The minimum Gasteiger partial charge on any atom is -0.253 e. The Bertz CT molecular complexity index is 1020. The molecule has 0 bridgehead atoms. The van der Waals surface area contributed by atoms with E-state index in [2.05, 4.69) is 20.1 Å². The minimum atomic E-state index is -4.44. The maximum atomic E-state index is 12.8. The Morgan fingerprint density at radius 1 is 1.00 bits per heavy atom. The van der Waals surface area contributed by atoms with E-state index in [0.29, 0.717) is 5.65 Å². The van der Waals surface area contributed by atoms with Crippen LogP contribution in [-0.4, -0.2) is 24.6 Å². The average Bonchev–Trinajstić information content (AvgIpc) is 2.99. The van der Waals surface area contributed by atoms with Crippen LogP contribution in [0.2, 0.25) is 0 Å². The number of nitrogens with zero attached hydrogens (tertiary/aromatic N) is 5. The van der Waals surface area contributed by atoms with Crippen molar-refractivity contribution in [1.82, 2.24) is 24.6 Å². The smallest absolute Gasteiger partial charge is 0.253 e. The SMILES string of the molecule is FC(F)(F)c1ccnc(-c2nc3c4ccccc4ncn3n2)c1. The van der Waals surface area contributed by atoms with Gasteiger partial charge in [-0.05, 0) is 24.3 Å². The van der Waals surface area contributed by atoms with Crippen molar-refractivity contribution in [1.29, 1.82) is 0 Å². The first-order valence-corrected chi connectivity index (χ1v) is 6.66. The molecule has 114 valence electrons. The van der Waals surface area contributed by atoms with Crippen molar-refractivity contribution in [3.63, 3.8) is 0 Å². The van der Waals surface area contributed by atoms with Gasteiger partial charge in [-0.2, -0.15) is 13.2 Å². The number of para-hydroxylation sites is 1. The Morgan fingerprint density at radius 2 is 1.83 bits per heavy atom. The van der Waals surface area contributed by atoms with E-state index < -0.39 is 11.7 Å². The molecule has 0 spiro atoms. The number of hydrogen-bond donors (Lipinski definition) is 0. The molecule has 0 aliphatic rings. The number of rotatable bonds is 1. The molecule has 0 fully saturated rings. The summed E-state index contributed by atoms with van der Waals surface area (Å²) in [5.41, 5.74) is 0.526. The highest BCUT2D eigenvalue weighted by Gasteiger charge is 2.31. The normalized spacial score (nSPS) is 12.1. The molecule has 3 aromatic heterocycles. The minimum absolute atomic E-state index is 0.0626. The predicted molar refractivity (Wildman–Crippen MR) is 76.5 cm³/mol. The molecule has 0 unspecified atom stereocenters. The lowest BCUT2D eigenvalue weighted by Crippen LogP contribution is -2.05. The summed E-state index contributed by atoms with van der Waals surface area (Å²) in [6, 6.07) is 9.18. The lowest BCUT2D eigenvalue weighted by molar-refractivity contribution is -0.137. The molecule has 4 rings (SSSR count). The molecule has 0 amide bonds. The lowest BCUT2D eigenvalue weighted by atomic mass is 10.2. The Morgan fingerprint density at radius 3 is 2.65 bits per heavy atom. The fourth-order valence-corrected chi connectivity index (χ4v) is 2.32. The molecule has 0 radical (unpaired) electrons. The molecule has 0 aliphatic carbocycles. The van der Waals surface area contributed by atoms with Gasteiger partial charge in [-0.3, -0.25) is 4.98 Å². The Kier molecular flexibility index (Phi) is 2.80. The van der Waals surface area contributed by atoms with Crippen molar-refractivity contribution < 1.29 is 13.2 Å². The zero-order chi connectivity index (χ0) is 16.0. The van der Waals surface area contributed by atoms with E-state index in [-0.39, 0.29) is 11.5 Å². The highest BCUT2D eigenvalue weighted by Crippen LogP contribution is 2.30. The maximum Gasteiger partial charge on any atom is 0.416 e. The number of halogens is 3. The first-order valence-electron chi connectivity index (χ1n) is 6.66. The number of fused-ring (bicyclic) bond motifs is 3. The Balaban J connectivity index is 1.91. The molecule has 3 heterocycles. The number of aromatic nitrogens is 5. The van der Waals surface area contributed by atoms with Crippen molar-refractivity contribution in [3.05, 3.63) is 54.5 Å². The van der Waals surface area contributed by atoms with Crippen molar-refractivity contribution >= 4 is 16.6 Å². The van der Waals surface area contributed by atoms with Crippen LogP contribution in [0.3, 0.4) is 0 Å². The van der Waals surface area contributed by atoms with Gasteiger partial charge in [-0.15, -0.1) is 5.10 Å². The van der Waals surface area contributed by atoms with Crippen LogP contribution in [0.25, 0.3) is 28.1 Å². The summed E-state index contributed by atoms with van der Waals surface area (Å²) in [6.07, 6.45) is -1.87. The van der Waals surface area contributed by atoms with Gasteiger partial charge < -0.3 is 0 Å². The van der Waals surface area contributed by atoms with Gasteiger partial charge in [-0.1, -0.05) is 12.1 Å². The van der Waals surface area contributed by atoms with E-state index in [1.165, 1.54) is 10.8 Å². The van der Waals surface area contributed by atoms with Crippen LogP contribution in [0.1, 0.15) is 5.56 Å². The first-order chi connectivity index (χ1) is 11.0. The average molecular weight is 315 g/mol. The van der Waals surface area contributed by atoms with E-state index in [4.69, 9.17) is 0 Å². The van der Waals surface area contributed by atoms with Gasteiger partial charge >= 0.3 is 6.18 Å². The van der Waals surface area contributed by atoms with Crippen molar-refractivity contribution in [2.45, 2.75) is 6.18 Å². The molecular weight excluding hydrogens is 307 g/mol. The predicted octanol–water partition coefficient (Wildman–Crippen LogP) is 3.36. The number of benzene rings is 1. The van der Waals surface area contributed by atoms with Crippen LogP contribution in [0.4, 0.5) is 13.2 Å². The summed E-state index contributed by atoms with van der Waals surface area (Å²) >= 11 is 0. The fourth-order valence-electron chi connectivity index (χ4n) is 2.32. The van der Waals surface area contributed by atoms with Crippen molar-refractivity contribution in [2.75, 3.05) is 0 Å². The fraction of sp³-hybridized carbons (Fsp3) is 0.0667. The maximum absolute atomic E-state index is 12.8. The molecule has 0 aliphatic heterocycles. The quantitative estimate of drug-likeness (QED) is 0.540. The van der Waals surface area contributed by atoms with Gasteiger partial charge in [0.2, 0.25) is 5.82 Å². The van der Waals surface area contributed by atoms with Crippen molar-refractivity contribution in [2.24, 2.45) is 0 Å². The molecule has 5 nitrogen and oxygen atoms in total. The summed E-state index contributed by atoms with van der Waals surface area (Å²) in [5, 5.41) is 4.93. The second-order valence-electron chi connectivity index (χ2n) is 4.89. The first kappa shape index (κ1) is 13.6. The topological polar surface area (TPSA) is 56.0 Å². The summed E-state index contributed by atoms with van der Waals surface area (Å²) in [5.74, 6) is 0.120. The monoisotopic (exact) mass is 315 g/mol. The summed E-state index contributed by atoms with van der Waals surface area (Å²) in [4.78, 5) is 12.5. The third-order valence-corrected chi connectivity index (χ3v) is 3.40. The molecule has 4 aromatic rings. The second-order valence-corrected chi connectivity index (χ2v) is 4.89. The number of alkyl halides is 3. The van der Waals surface area contributed by atoms with E-state index in [0.717, 1.165) is 29.2 Å². The van der Waals surface area contributed by atoms with Gasteiger partial charge in [0.05, 0.1) is 11.1 Å². The van der Waals surface area contributed by atoms with Crippen LogP contribution < -0.4 is 0 Å². The van der Waals surface area contributed by atoms with Crippen LogP contribution in [0.5, 0.6) is 0 Å². The zero-order valence-corrected chi connectivity index (χ0v) is 11.5. The summed E-state index contributed by atoms with van der Waals surface area (Å²) in [6.45, 7) is 0. The standard InChI is InChI=1S/C15H8F3N5/c16-15(17,18)9-5-6-19-12(7-9)13-21-14-10-3-1-2-4-11(10)20-8-23(14)22-13/h1-8H. The van der Waals surface area contributed by atoms with Crippen LogP contribution in [0, 0.1) is 0 Å².